The molecule has 0 unspecified atom stereocenters. The Balaban J connectivity index is 0. The van der Waals surface area contributed by atoms with E-state index in [4.69, 9.17) is 0 Å². The molecule has 4 heteroatoms. The molecule has 0 radical (unpaired) electrons. The Morgan fingerprint density at radius 1 is 1.62 bits per heavy atom. The molecule has 8 heavy (non-hydrogen) atoms. The number of rotatable bonds is 4. The maximum absolute atomic E-state index is 9.55. The third-order valence-corrected chi connectivity index (χ3v) is 0.930. The Hall–Kier alpha value is 1.75. The van der Waals surface area contributed by atoms with Gasteiger partial charge >= 0.3 is 51.4 Å². The van der Waals surface area contributed by atoms with Gasteiger partial charge in [-0.3, -0.25) is 4.18 Å². The molecule has 0 aromatic carbocycles. The van der Waals surface area contributed by atoms with Crippen molar-refractivity contribution in [2.75, 3.05) is 6.61 Å². The Morgan fingerprint density at radius 2 is 2.25 bits per heavy atom. The van der Waals surface area contributed by atoms with Crippen molar-refractivity contribution in [2.45, 2.75) is 19.8 Å². The third kappa shape index (κ3) is 10.7. The van der Waals surface area contributed by atoms with Crippen LogP contribution in [0.5, 0.6) is 0 Å². The van der Waals surface area contributed by atoms with Crippen molar-refractivity contribution in [1.29, 1.82) is 0 Å². The predicted octanol–water partition coefficient (Wildman–Crippen LogP) is 0.0149. The first kappa shape index (κ1) is 12.4. The van der Waals surface area contributed by atoms with Crippen molar-refractivity contribution >= 4 is 63.3 Å². The van der Waals surface area contributed by atoms with Gasteiger partial charge in [0.15, 0.2) is 0 Å². The third-order valence-electron chi connectivity index (χ3n) is 0.642. The van der Waals surface area contributed by atoms with Crippen LogP contribution in [0.3, 0.4) is 0 Å². The molecule has 0 aliphatic rings. The standard InChI is InChI=1S/C4H10O2S.K.H/c1-2-3-4-6-7-5;;/h7H,2-4H2,1H3;;. The van der Waals surface area contributed by atoms with Gasteiger partial charge in [0, 0.05) is 0 Å². The zero-order valence-corrected chi connectivity index (χ0v) is 5.28. The van der Waals surface area contributed by atoms with Crippen LogP contribution >= 0.6 is 0 Å². The normalized spacial score (nSPS) is 8.12. The van der Waals surface area contributed by atoms with Crippen molar-refractivity contribution in [3.8, 4) is 0 Å². The number of hydrogen-bond acceptors (Lipinski definition) is 2. The van der Waals surface area contributed by atoms with E-state index >= 15 is 0 Å². The van der Waals surface area contributed by atoms with Gasteiger partial charge in [0.25, 0.3) is 0 Å². The minimum atomic E-state index is -0.195. The summed E-state index contributed by atoms with van der Waals surface area (Å²) in [4.78, 5) is 0. The van der Waals surface area contributed by atoms with Gasteiger partial charge in [0.2, 0.25) is 0 Å². The second-order valence-electron chi connectivity index (χ2n) is 1.26. The van der Waals surface area contributed by atoms with Crippen LogP contribution in [0.2, 0.25) is 0 Å². The molecule has 0 spiro atoms. The van der Waals surface area contributed by atoms with Gasteiger partial charge in [-0.1, -0.05) is 13.3 Å². The predicted molar refractivity (Wildman–Crippen MR) is 37.5 cm³/mol. The molecule has 0 aromatic heterocycles. The second kappa shape index (κ2) is 11.5. The van der Waals surface area contributed by atoms with Crippen molar-refractivity contribution in [3.05, 3.63) is 0 Å². The quantitative estimate of drug-likeness (QED) is 0.358. The summed E-state index contributed by atoms with van der Waals surface area (Å²) in [6, 6.07) is 0. The van der Waals surface area contributed by atoms with Gasteiger partial charge in [0.05, 0.1) is 6.61 Å². The fraction of sp³-hybridized carbons (Fsp3) is 1.00. The van der Waals surface area contributed by atoms with Crippen LogP contribution in [0, 0.1) is 0 Å². The van der Waals surface area contributed by atoms with Gasteiger partial charge < -0.3 is 0 Å². The first-order valence-corrected chi connectivity index (χ1v) is 3.09. The first-order valence-electron chi connectivity index (χ1n) is 2.36. The molecular weight excluding hydrogens is 151 g/mol. The monoisotopic (exact) mass is 162 g/mol. The van der Waals surface area contributed by atoms with E-state index in [0.29, 0.717) is 6.61 Å². The molecule has 46 valence electrons. The molecule has 0 fully saturated rings. The number of thiol groups is 1. The molecule has 2 nitrogen and oxygen atoms in total. The van der Waals surface area contributed by atoms with Gasteiger partial charge in [-0.2, -0.15) is 0 Å². The van der Waals surface area contributed by atoms with Crippen LogP contribution in [0.15, 0.2) is 0 Å². The Morgan fingerprint density at radius 3 is 2.62 bits per heavy atom. The molecule has 0 aromatic rings. The Bertz CT molecular complexity index is 51.3. The van der Waals surface area contributed by atoms with Crippen LogP contribution < -0.4 is 0 Å². The van der Waals surface area contributed by atoms with Crippen molar-refractivity contribution in [1.82, 2.24) is 0 Å². The van der Waals surface area contributed by atoms with Crippen LogP contribution in [-0.2, 0) is 16.1 Å². The average molecular weight is 162 g/mol. The summed E-state index contributed by atoms with van der Waals surface area (Å²) in [6.07, 6.45) is 2.09. The van der Waals surface area contributed by atoms with E-state index in [1.807, 2.05) is 0 Å². The molecular formula is C4H11KO2S. The van der Waals surface area contributed by atoms with Crippen LogP contribution in [-0.4, -0.2) is 62.2 Å². The van der Waals surface area contributed by atoms with E-state index in [2.05, 4.69) is 11.1 Å². The summed E-state index contributed by atoms with van der Waals surface area (Å²) < 4.78 is 14.0. The summed E-state index contributed by atoms with van der Waals surface area (Å²) in [6.45, 7) is 2.67. The summed E-state index contributed by atoms with van der Waals surface area (Å²) in [5.74, 6) is 0. The van der Waals surface area contributed by atoms with Crippen molar-refractivity contribution < 1.29 is 8.39 Å². The maximum atomic E-state index is 9.55. The van der Waals surface area contributed by atoms with Crippen LogP contribution in [0.1, 0.15) is 19.8 Å². The molecule has 0 bridgehead atoms. The molecule has 0 aliphatic carbocycles. The van der Waals surface area contributed by atoms with E-state index < -0.39 is 0 Å². The molecule has 0 rings (SSSR count). The van der Waals surface area contributed by atoms with Gasteiger partial charge in [0.1, 0.15) is 11.9 Å². The topological polar surface area (TPSA) is 26.3 Å². The average Bonchev–Trinajstić information content (AvgIpc) is 1.69. The zero-order chi connectivity index (χ0) is 5.54. The van der Waals surface area contributed by atoms with Gasteiger partial charge in [-0.25, -0.2) is 4.21 Å². The summed E-state index contributed by atoms with van der Waals surface area (Å²) in [5.41, 5.74) is 0. The van der Waals surface area contributed by atoms with E-state index in [0.717, 1.165) is 12.8 Å². The summed E-state index contributed by atoms with van der Waals surface area (Å²) in [7, 11) is 0. The van der Waals surface area contributed by atoms with Crippen LogP contribution in [0.4, 0.5) is 0 Å². The van der Waals surface area contributed by atoms with E-state index in [1.54, 1.807) is 0 Å². The van der Waals surface area contributed by atoms with E-state index in [1.165, 1.54) is 0 Å². The molecule has 0 saturated heterocycles. The second-order valence-corrected chi connectivity index (χ2v) is 1.67. The molecule has 0 N–H and O–H groups in total. The molecule has 0 heterocycles. The number of unbranched alkanes of at least 4 members (excludes halogenated alkanes) is 1. The van der Waals surface area contributed by atoms with Crippen molar-refractivity contribution in [3.63, 3.8) is 0 Å². The van der Waals surface area contributed by atoms with Gasteiger partial charge in [-0.15, -0.1) is 0 Å². The SMILES string of the molecule is CCCCO[SH]=O.[KH]. The Labute approximate surface area is 96.5 Å². The van der Waals surface area contributed by atoms with E-state index in [9.17, 15) is 4.21 Å². The van der Waals surface area contributed by atoms with Crippen molar-refractivity contribution in [2.24, 2.45) is 0 Å². The first-order chi connectivity index (χ1) is 3.41. The fourth-order valence-corrected chi connectivity index (χ4v) is 0.450. The zero-order valence-electron chi connectivity index (χ0n) is 4.39. The Kier molecular flexibility index (Phi) is 17.9. The molecule has 0 atom stereocenters. The number of hydrogen-bond donors (Lipinski definition) is 1. The van der Waals surface area contributed by atoms with E-state index in [-0.39, 0.29) is 63.3 Å². The fourth-order valence-electron chi connectivity index (χ4n) is 0.246. The summed E-state index contributed by atoms with van der Waals surface area (Å²) >= 11 is -0.195. The molecule has 0 aliphatic heterocycles. The molecule has 0 amide bonds. The minimum absolute atomic E-state index is 0. The summed E-state index contributed by atoms with van der Waals surface area (Å²) in [5, 5.41) is 0. The van der Waals surface area contributed by atoms with Gasteiger partial charge in [-0.05, 0) is 6.42 Å². The van der Waals surface area contributed by atoms with Crippen LogP contribution in [0.25, 0.3) is 0 Å². The molecule has 0 saturated carbocycles.